The highest BCUT2D eigenvalue weighted by Crippen LogP contribution is 2.08. The van der Waals surface area contributed by atoms with Crippen molar-refractivity contribution >= 4 is 11.8 Å². The van der Waals surface area contributed by atoms with Gasteiger partial charge in [-0.25, -0.2) is 0 Å². The number of hydrogen-bond acceptors (Lipinski definition) is 5. The molecule has 1 aromatic heterocycles. The van der Waals surface area contributed by atoms with E-state index in [2.05, 4.69) is 10.1 Å². The van der Waals surface area contributed by atoms with Crippen LogP contribution in [0.2, 0.25) is 0 Å². The number of nitrogens with zero attached hydrogens (tertiary/aromatic N) is 2. The summed E-state index contributed by atoms with van der Waals surface area (Å²) in [6, 6.07) is 0. The van der Waals surface area contributed by atoms with Gasteiger partial charge in [-0.3, -0.25) is 0 Å². The van der Waals surface area contributed by atoms with Gasteiger partial charge in [0.15, 0.2) is 5.82 Å². The Hall–Kier alpha value is -0.550. The molecule has 1 aromatic rings. The van der Waals surface area contributed by atoms with Gasteiger partial charge in [0.1, 0.15) is 0 Å². The monoisotopic (exact) mass is 174 g/mol. The fourth-order valence-electron chi connectivity index (χ4n) is 0.623. The zero-order valence-corrected chi connectivity index (χ0v) is 7.10. The zero-order valence-electron chi connectivity index (χ0n) is 6.28. The van der Waals surface area contributed by atoms with Crippen LogP contribution in [0.5, 0.6) is 0 Å². The highest BCUT2D eigenvalue weighted by Gasteiger charge is 2.00. The molecule has 1 rings (SSSR count). The Bertz CT molecular complexity index is 214. The molecule has 11 heavy (non-hydrogen) atoms. The smallest absolute Gasteiger partial charge is 0.236 e. The van der Waals surface area contributed by atoms with Gasteiger partial charge in [0.25, 0.3) is 0 Å². The second kappa shape index (κ2) is 4.35. The molecular formula is C6H10N2O2S. The Kier molecular flexibility index (Phi) is 3.38. The molecule has 5 heteroatoms. The van der Waals surface area contributed by atoms with Crippen LogP contribution in [-0.4, -0.2) is 27.6 Å². The Morgan fingerprint density at radius 1 is 1.64 bits per heavy atom. The molecule has 1 heterocycles. The summed E-state index contributed by atoms with van der Waals surface area (Å²) in [5.74, 6) is 2.67. The van der Waals surface area contributed by atoms with Crippen molar-refractivity contribution in [3.05, 3.63) is 11.7 Å². The van der Waals surface area contributed by atoms with E-state index in [1.165, 1.54) is 0 Å². The van der Waals surface area contributed by atoms with Crippen LogP contribution in [0, 0.1) is 6.92 Å². The highest BCUT2D eigenvalue weighted by atomic mass is 32.2. The molecule has 0 bridgehead atoms. The Morgan fingerprint density at radius 2 is 2.45 bits per heavy atom. The molecule has 4 nitrogen and oxygen atoms in total. The molecule has 0 aliphatic heterocycles. The average Bonchev–Trinajstić information content (AvgIpc) is 2.37. The lowest BCUT2D eigenvalue weighted by atomic mass is 10.7. The quantitative estimate of drug-likeness (QED) is 0.677. The van der Waals surface area contributed by atoms with Gasteiger partial charge < -0.3 is 9.63 Å². The van der Waals surface area contributed by atoms with E-state index in [1.54, 1.807) is 18.7 Å². The number of hydrogen-bond donors (Lipinski definition) is 1. The van der Waals surface area contributed by atoms with Crippen LogP contribution in [0.3, 0.4) is 0 Å². The fourth-order valence-corrected chi connectivity index (χ4v) is 1.19. The topological polar surface area (TPSA) is 59.2 Å². The summed E-state index contributed by atoms with van der Waals surface area (Å²) >= 11 is 1.57. The first kappa shape index (κ1) is 8.55. The van der Waals surface area contributed by atoms with Gasteiger partial charge in [0.2, 0.25) is 5.89 Å². The number of aromatic nitrogens is 2. The summed E-state index contributed by atoms with van der Waals surface area (Å²) < 4.78 is 4.85. The van der Waals surface area contributed by atoms with E-state index >= 15 is 0 Å². The lowest BCUT2D eigenvalue weighted by Crippen LogP contribution is -1.87. The van der Waals surface area contributed by atoms with Crippen LogP contribution < -0.4 is 0 Å². The van der Waals surface area contributed by atoms with E-state index in [1.807, 2.05) is 0 Å². The minimum absolute atomic E-state index is 0.192. The van der Waals surface area contributed by atoms with E-state index in [4.69, 9.17) is 9.63 Å². The van der Waals surface area contributed by atoms with E-state index in [9.17, 15) is 0 Å². The largest absolute Gasteiger partial charge is 0.396 e. The zero-order chi connectivity index (χ0) is 8.10. The standard InChI is InChI=1S/C6H10N2O2S/c1-5-7-6(10-8-5)4-11-3-2-9/h9H,2-4H2,1H3. The molecule has 62 valence electrons. The number of rotatable bonds is 4. The molecule has 0 aliphatic rings. The molecule has 0 saturated heterocycles. The van der Waals surface area contributed by atoms with Gasteiger partial charge in [-0.1, -0.05) is 5.16 Å². The Morgan fingerprint density at radius 3 is 3.00 bits per heavy atom. The maximum absolute atomic E-state index is 8.46. The Labute approximate surface area is 69.0 Å². The molecule has 0 radical (unpaired) electrons. The summed E-state index contributed by atoms with van der Waals surface area (Å²) in [5, 5.41) is 12.1. The first-order chi connectivity index (χ1) is 5.33. The number of aliphatic hydroxyl groups excluding tert-OH is 1. The lowest BCUT2D eigenvalue weighted by Gasteiger charge is -1.91. The van der Waals surface area contributed by atoms with Crippen LogP contribution in [-0.2, 0) is 5.75 Å². The second-order valence-corrected chi connectivity index (χ2v) is 3.12. The third kappa shape index (κ3) is 2.90. The normalized spacial score (nSPS) is 10.4. The van der Waals surface area contributed by atoms with Gasteiger partial charge >= 0.3 is 0 Å². The van der Waals surface area contributed by atoms with E-state index in [-0.39, 0.29) is 6.61 Å². The molecule has 0 unspecified atom stereocenters. The molecule has 0 atom stereocenters. The average molecular weight is 174 g/mol. The number of thioether (sulfide) groups is 1. The third-order valence-electron chi connectivity index (χ3n) is 1.03. The van der Waals surface area contributed by atoms with Crippen molar-refractivity contribution in [2.45, 2.75) is 12.7 Å². The molecular weight excluding hydrogens is 164 g/mol. The predicted molar refractivity (Wildman–Crippen MR) is 42.3 cm³/mol. The van der Waals surface area contributed by atoms with Crippen molar-refractivity contribution in [3.63, 3.8) is 0 Å². The fraction of sp³-hybridized carbons (Fsp3) is 0.667. The maximum atomic E-state index is 8.46. The summed E-state index contributed by atoms with van der Waals surface area (Å²) in [5.41, 5.74) is 0. The first-order valence-electron chi connectivity index (χ1n) is 3.30. The number of aryl methyl sites for hydroxylation is 1. The predicted octanol–water partition coefficient (Wildman–Crippen LogP) is 0.604. The molecule has 0 amide bonds. The maximum Gasteiger partial charge on any atom is 0.236 e. The third-order valence-corrected chi connectivity index (χ3v) is 1.95. The van der Waals surface area contributed by atoms with Crippen LogP contribution in [0.15, 0.2) is 4.52 Å². The van der Waals surface area contributed by atoms with Gasteiger partial charge in [0, 0.05) is 5.75 Å². The highest BCUT2D eigenvalue weighted by molar-refractivity contribution is 7.98. The van der Waals surface area contributed by atoms with Crippen LogP contribution >= 0.6 is 11.8 Å². The van der Waals surface area contributed by atoms with Crippen LogP contribution in [0.1, 0.15) is 11.7 Å². The minimum atomic E-state index is 0.192. The van der Waals surface area contributed by atoms with E-state index in [0.29, 0.717) is 23.2 Å². The minimum Gasteiger partial charge on any atom is -0.396 e. The molecule has 0 aromatic carbocycles. The summed E-state index contributed by atoms with van der Waals surface area (Å²) in [6.45, 7) is 1.97. The van der Waals surface area contributed by atoms with Crippen LogP contribution in [0.25, 0.3) is 0 Å². The van der Waals surface area contributed by atoms with Crippen molar-refractivity contribution in [2.75, 3.05) is 12.4 Å². The lowest BCUT2D eigenvalue weighted by molar-refractivity contribution is 0.322. The second-order valence-electron chi connectivity index (χ2n) is 2.01. The van der Waals surface area contributed by atoms with Crippen LogP contribution in [0.4, 0.5) is 0 Å². The van der Waals surface area contributed by atoms with Gasteiger partial charge in [0.05, 0.1) is 12.4 Å². The molecule has 0 saturated carbocycles. The van der Waals surface area contributed by atoms with Crippen molar-refractivity contribution in [3.8, 4) is 0 Å². The van der Waals surface area contributed by atoms with Gasteiger partial charge in [-0.2, -0.15) is 4.98 Å². The van der Waals surface area contributed by atoms with Crippen molar-refractivity contribution < 1.29 is 9.63 Å². The van der Waals surface area contributed by atoms with Gasteiger partial charge in [-0.15, -0.1) is 11.8 Å². The number of aliphatic hydroxyl groups is 1. The van der Waals surface area contributed by atoms with E-state index in [0.717, 1.165) is 0 Å². The molecule has 0 fully saturated rings. The first-order valence-corrected chi connectivity index (χ1v) is 4.46. The molecule has 1 N–H and O–H groups in total. The van der Waals surface area contributed by atoms with Crippen molar-refractivity contribution in [2.24, 2.45) is 0 Å². The van der Waals surface area contributed by atoms with E-state index < -0.39 is 0 Å². The summed E-state index contributed by atoms with van der Waals surface area (Å²) in [4.78, 5) is 4.00. The Balaban J connectivity index is 2.27. The van der Waals surface area contributed by atoms with Crippen molar-refractivity contribution in [1.29, 1.82) is 0 Å². The van der Waals surface area contributed by atoms with Gasteiger partial charge in [-0.05, 0) is 6.92 Å². The van der Waals surface area contributed by atoms with Crippen molar-refractivity contribution in [1.82, 2.24) is 10.1 Å². The molecule has 0 aliphatic carbocycles. The summed E-state index contributed by atoms with van der Waals surface area (Å²) in [7, 11) is 0. The SMILES string of the molecule is Cc1noc(CSCCO)n1. The summed E-state index contributed by atoms with van der Waals surface area (Å²) in [6.07, 6.45) is 0. The molecule has 0 spiro atoms.